The molecule has 3 rings (SSSR count). The second-order valence-corrected chi connectivity index (χ2v) is 6.70. The predicted octanol–water partition coefficient (Wildman–Crippen LogP) is 4.16. The zero-order chi connectivity index (χ0) is 19.2. The van der Waals surface area contributed by atoms with Crippen LogP contribution in [0.1, 0.15) is 33.4 Å². The van der Waals surface area contributed by atoms with Gasteiger partial charge in [-0.3, -0.25) is 0 Å². The number of ether oxygens (including phenoxy) is 2. The Labute approximate surface area is 160 Å². The van der Waals surface area contributed by atoms with E-state index in [2.05, 4.69) is 18.8 Å². The molecule has 2 atom stereocenters. The predicted molar refractivity (Wildman–Crippen MR) is 106 cm³/mol. The summed E-state index contributed by atoms with van der Waals surface area (Å²) in [7, 11) is 0. The Hall–Kier alpha value is -2.63. The van der Waals surface area contributed by atoms with Crippen LogP contribution >= 0.6 is 0 Å². The van der Waals surface area contributed by atoms with Crippen molar-refractivity contribution >= 4 is 11.8 Å². The van der Waals surface area contributed by atoms with E-state index in [-0.39, 0.29) is 18.0 Å². The number of hydrogen-bond acceptors (Lipinski definition) is 6. The summed E-state index contributed by atoms with van der Waals surface area (Å²) in [5, 5.41) is 0. The normalized spacial score (nSPS) is 19.6. The van der Waals surface area contributed by atoms with Gasteiger partial charge in [0.05, 0.1) is 18.9 Å². The zero-order valence-electron chi connectivity index (χ0n) is 16.4. The number of hydrogen-bond donors (Lipinski definition) is 0. The third-order valence-corrected chi connectivity index (χ3v) is 4.37. The molecule has 1 aliphatic heterocycles. The molecule has 0 spiro atoms. The number of benzene rings is 1. The Morgan fingerprint density at radius 2 is 1.70 bits per heavy atom. The van der Waals surface area contributed by atoms with Crippen LogP contribution in [0.4, 0.5) is 0 Å². The van der Waals surface area contributed by atoms with Gasteiger partial charge in [0.25, 0.3) is 0 Å². The summed E-state index contributed by atoms with van der Waals surface area (Å²) in [4.78, 5) is 14.1. The zero-order valence-corrected chi connectivity index (χ0v) is 16.4. The van der Waals surface area contributed by atoms with Gasteiger partial charge in [-0.1, -0.05) is 44.2 Å². The highest BCUT2D eigenvalue weighted by Crippen LogP contribution is 2.26. The number of aliphatic imine (C=N–C) groups is 2. The van der Waals surface area contributed by atoms with Crippen LogP contribution in [0.3, 0.4) is 0 Å². The number of rotatable bonds is 6. The lowest BCUT2D eigenvalue weighted by Gasteiger charge is -2.28. The van der Waals surface area contributed by atoms with Gasteiger partial charge in [-0.25, -0.2) is 15.0 Å². The molecule has 1 aromatic carbocycles. The van der Waals surface area contributed by atoms with E-state index in [1.807, 2.05) is 44.2 Å². The van der Waals surface area contributed by atoms with E-state index in [1.165, 1.54) is 6.39 Å². The Morgan fingerprint density at radius 1 is 1.00 bits per heavy atom. The van der Waals surface area contributed by atoms with Crippen LogP contribution in [0.25, 0.3) is 11.3 Å². The Morgan fingerprint density at radius 3 is 2.37 bits per heavy atom. The quantitative estimate of drug-likeness (QED) is 0.767. The van der Waals surface area contributed by atoms with Crippen molar-refractivity contribution in [3.05, 3.63) is 42.4 Å². The van der Waals surface area contributed by atoms with Crippen molar-refractivity contribution in [3.8, 4) is 11.3 Å². The summed E-state index contributed by atoms with van der Waals surface area (Å²) in [6.07, 6.45) is 2.02. The van der Waals surface area contributed by atoms with Gasteiger partial charge in [0.2, 0.25) is 11.8 Å². The SMILES string of the molecule is CCOC1=N[C@H](C(C)C)C(OCC)=N[C@H]1Cc1ncoc1-c1ccccc1. The summed E-state index contributed by atoms with van der Waals surface area (Å²) in [6, 6.07) is 9.56. The molecule has 0 fully saturated rings. The fourth-order valence-electron chi connectivity index (χ4n) is 3.10. The summed E-state index contributed by atoms with van der Waals surface area (Å²) >= 11 is 0. The minimum Gasteiger partial charge on any atom is -0.480 e. The lowest BCUT2D eigenvalue weighted by atomic mass is 10.0. The van der Waals surface area contributed by atoms with Crippen molar-refractivity contribution in [2.75, 3.05) is 13.2 Å². The van der Waals surface area contributed by atoms with Crippen LogP contribution in [0.2, 0.25) is 0 Å². The fourth-order valence-corrected chi connectivity index (χ4v) is 3.10. The molecule has 144 valence electrons. The molecule has 2 aromatic rings. The van der Waals surface area contributed by atoms with Crippen LogP contribution in [0.5, 0.6) is 0 Å². The monoisotopic (exact) mass is 369 g/mol. The van der Waals surface area contributed by atoms with Crippen LogP contribution in [-0.4, -0.2) is 42.1 Å². The lowest BCUT2D eigenvalue weighted by Crippen LogP contribution is -2.39. The summed E-state index contributed by atoms with van der Waals surface area (Å²) in [5.74, 6) is 2.34. The van der Waals surface area contributed by atoms with Crippen LogP contribution < -0.4 is 0 Å². The summed E-state index contributed by atoms with van der Waals surface area (Å²) < 4.78 is 17.3. The molecule has 0 bridgehead atoms. The Kier molecular flexibility index (Phi) is 6.27. The molecule has 27 heavy (non-hydrogen) atoms. The highest BCUT2D eigenvalue weighted by molar-refractivity contribution is 5.94. The maximum atomic E-state index is 5.83. The topological polar surface area (TPSA) is 69.2 Å². The van der Waals surface area contributed by atoms with E-state index >= 15 is 0 Å². The van der Waals surface area contributed by atoms with E-state index in [4.69, 9.17) is 23.9 Å². The summed E-state index contributed by atoms with van der Waals surface area (Å²) in [6.45, 7) is 9.24. The number of oxazole rings is 1. The molecule has 6 heteroatoms. The average Bonchev–Trinajstić information content (AvgIpc) is 3.12. The molecule has 0 saturated carbocycles. The average molecular weight is 369 g/mol. The van der Waals surface area contributed by atoms with E-state index in [9.17, 15) is 0 Å². The fraction of sp³-hybridized carbons (Fsp3) is 0.476. The first-order valence-electron chi connectivity index (χ1n) is 9.52. The van der Waals surface area contributed by atoms with Gasteiger partial charge in [0.1, 0.15) is 12.1 Å². The van der Waals surface area contributed by atoms with Crippen LogP contribution in [-0.2, 0) is 15.9 Å². The number of nitrogens with zero attached hydrogens (tertiary/aromatic N) is 3. The van der Waals surface area contributed by atoms with E-state index in [1.54, 1.807) is 0 Å². The Balaban J connectivity index is 1.90. The minimum atomic E-state index is -0.269. The first-order chi connectivity index (χ1) is 13.1. The van der Waals surface area contributed by atoms with Gasteiger partial charge in [-0.05, 0) is 19.8 Å². The van der Waals surface area contributed by atoms with Crippen molar-refractivity contribution in [2.24, 2.45) is 15.9 Å². The van der Waals surface area contributed by atoms with E-state index < -0.39 is 0 Å². The second kappa shape index (κ2) is 8.84. The first-order valence-corrected chi connectivity index (χ1v) is 9.52. The van der Waals surface area contributed by atoms with Gasteiger partial charge >= 0.3 is 0 Å². The molecule has 0 N–H and O–H groups in total. The third-order valence-electron chi connectivity index (χ3n) is 4.37. The van der Waals surface area contributed by atoms with Crippen LogP contribution in [0.15, 0.2) is 51.1 Å². The molecular weight excluding hydrogens is 342 g/mol. The highest BCUT2D eigenvalue weighted by Gasteiger charge is 2.32. The van der Waals surface area contributed by atoms with Gasteiger partial charge < -0.3 is 13.9 Å². The maximum absolute atomic E-state index is 5.83. The maximum Gasteiger partial charge on any atom is 0.210 e. The van der Waals surface area contributed by atoms with Crippen molar-refractivity contribution in [1.82, 2.24) is 4.98 Å². The largest absolute Gasteiger partial charge is 0.480 e. The summed E-state index contributed by atoms with van der Waals surface area (Å²) in [5.41, 5.74) is 1.82. The highest BCUT2D eigenvalue weighted by atomic mass is 16.5. The third kappa shape index (κ3) is 4.38. The first kappa shape index (κ1) is 19.1. The van der Waals surface area contributed by atoms with E-state index in [0.717, 1.165) is 17.0 Å². The second-order valence-electron chi connectivity index (χ2n) is 6.70. The standard InChI is InChI=1S/C21H27N3O3/c1-5-25-20-17(23-21(26-6-2)18(24-20)14(3)4)12-16-19(27-13-22-16)15-10-8-7-9-11-15/h7-11,13-14,17-18H,5-6,12H2,1-4H3/t17-,18+/m0/s1. The Bertz CT molecular complexity index is 796. The molecule has 2 heterocycles. The van der Waals surface area contributed by atoms with Gasteiger partial charge in [-0.2, -0.15) is 0 Å². The molecule has 0 aliphatic carbocycles. The molecule has 1 aliphatic rings. The molecule has 0 saturated heterocycles. The van der Waals surface area contributed by atoms with Crippen molar-refractivity contribution in [1.29, 1.82) is 0 Å². The molecule has 0 radical (unpaired) electrons. The molecule has 1 aromatic heterocycles. The molecule has 0 unspecified atom stereocenters. The van der Waals surface area contributed by atoms with E-state index in [0.29, 0.717) is 31.4 Å². The molecule has 0 amide bonds. The van der Waals surface area contributed by atoms with Crippen LogP contribution in [0, 0.1) is 5.92 Å². The van der Waals surface area contributed by atoms with Gasteiger partial charge in [-0.15, -0.1) is 0 Å². The van der Waals surface area contributed by atoms with Crippen molar-refractivity contribution in [3.63, 3.8) is 0 Å². The van der Waals surface area contributed by atoms with Gasteiger partial charge in [0.15, 0.2) is 12.2 Å². The number of aromatic nitrogens is 1. The smallest absolute Gasteiger partial charge is 0.210 e. The minimum absolute atomic E-state index is 0.117. The molecular formula is C21H27N3O3. The van der Waals surface area contributed by atoms with Crippen molar-refractivity contribution in [2.45, 2.75) is 46.2 Å². The lowest BCUT2D eigenvalue weighted by molar-refractivity contribution is 0.275. The van der Waals surface area contributed by atoms with Gasteiger partial charge in [0, 0.05) is 12.0 Å². The molecule has 6 nitrogen and oxygen atoms in total. The van der Waals surface area contributed by atoms with Crippen molar-refractivity contribution < 1.29 is 13.9 Å².